The molecule has 1 fully saturated rings. The molecule has 1 aromatic rings. The minimum absolute atomic E-state index is 0.00326. The number of rotatable bonds is 4. The number of likely N-dealkylation sites (tertiary alicyclic amines) is 1. The van der Waals surface area contributed by atoms with Gasteiger partial charge in [-0.2, -0.15) is 0 Å². The van der Waals surface area contributed by atoms with Gasteiger partial charge in [0.1, 0.15) is 0 Å². The van der Waals surface area contributed by atoms with Crippen LogP contribution in [0.15, 0.2) is 4.79 Å². The smallest absolute Gasteiger partial charge is 0.307 e. The van der Waals surface area contributed by atoms with Crippen LogP contribution in [0.5, 0.6) is 0 Å². The van der Waals surface area contributed by atoms with Gasteiger partial charge in [0.05, 0.1) is 12.1 Å². The topological polar surface area (TPSA) is 62.5 Å². The standard InChI is InChI=1S/C15H24N2O3S/c1-10-12(3)21-15(20)16(10)9-7-14(19)17-8-5-4-6-13(17)11(2)18/h11,13,18H,4-9H2,1-3H3. The number of hydrogen-bond donors (Lipinski definition) is 1. The van der Waals surface area contributed by atoms with Crippen molar-refractivity contribution in [1.29, 1.82) is 0 Å². The average Bonchev–Trinajstić information content (AvgIpc) is 2.70. The van der Waals surface area contributed by atoms with Gasteiger partial charge in [-0.3, -0.25) is 9.59 Å². The van der Waals surface area contributed by atoms with E-state index in [0.717, 1.165) is 29.8 Å². The monoisotopic (exact) mass is 312 g/mol. The molecule has 1 aliphatic heterocycles. The van der Waals surface area contributed by atoms with Crippen molar-refractivity contribution < 1.29 is 9.90 Å². The lowest BCUT2D eigenvalue weighted by atomic mass is 9.98. The van der Waals surface area contributed by atoms with Crippen molar-refractivity contribution in [3.8, 4) is 0 Å². The van der Waals surface area contributed by atoms with Gasteiger partial charge in [-0.15, -0.1) is 0 Å². The molecule has 0 bridgehead atoms. The van der Waals surface area contributed by atoms with E-state index in [2.05, 4.69) is 0 Å². The molecule has 0 spiro atoms. The van der Waals surface area contributed by atoms with Crippen molar-refractivity contribution in [3.63, 3.8) is 0 Å². The van der Waals surface area contributed by atoms with E-state index in [-0.39, 0.29) is 16.8 Å². The highest BCUT2D eigenvalue weighted by molar-refractivity contribution is 7.09. The Kier molecular flexibility index (Phi) is 5.22. The maximum atomic E-state index is 12.4. The van der Waals surface area contributed by atoms with Crippen LogP contribution in [0.4, 0.5) is 0 Å². The molecule has 118 valence electrons. The van der Waals surface area contributed by atoms with Gasteiger partial charge in [-0.1, -0.05) is 11.3 Å². The summed E-state index contributed by atoms with van der Waals surface area (Å²) in [6.45, 7) is 6.72. The molecule has 2 rings (SSSR count). The zero-order valence-corrected chi connectivity index (χ0v) is 13.8. The number of aromatic nitrogens is 1. The highest BCUT2D eigenvalue weighted by Crippen LogP contribution is 2.21. The van der Waals surface area contributed by atoms with Gasteiger partial charge in [0.15, 0.2) is 0 Å². The van der Waals surface area contributed by atoms with E-state index in [0.29, 0.717) is 19.5 Å². The second-order valence-corrected chi connectivity index (χ2v) is 6.97. The third kappa shape index (κ3) is 3.55. The summed E-state index contributed by atoms with van der Waals surface area (Å²) >= 11 is 1.23. The molecule has 21 heavy (non-hydrogen) atoms. The van der Waals surface area contributed by atoms with Gasteiger partial charge in [-0.05, 0) is 40.0 Å². The number of nitrogens with zero attached hydrogens (tertiary/aromatic N) is 2. The van der Waals surface area contributed by atoms with Crippen LogP contribution >= 0.6 is 11.3 Å². The number of aryl methyl sites for hydroxylation is 1. The lowest BCUT2D eigenvalue weighted by Gasteiger charge is -2.37. The SMILES string of the molecule is Cc1sc(=O)n(CCC(=O)N2CCCCC2C(C)O)c1C. The third-order valence-electron chi connectivity index (χ3n) is 4.35. The van der Waals surface area contributed by atoms with Crippen molar-refractivity contribution >= 4 is 17.2 Å². The zero-order valence-electron chi connectivity index (χ0n) is 13.0. The third-order valence-corrected chi connectivity index (χ3v) is 5.35. The lowest BCUT2D eigenvalue weighted by Crippen LogP contribution is -2.49. The molecule has 1 N–H and O–H groups in total. The Hall–Kier alpha value is -1.14. The van der Waals surface area contributed by atoms with Gasteiger partial charge >= 0.3 is 4.87 Å². The second kappa shape index (κ2) is 6.75. The van der Waals surface area contributed by atoms with Crippen molar-refractivity contribution in [1.82, 2.24) is 9.47 Å². The molecule has 0 aliphatic carbocycles. The predicted octanol–water partition coefficient (Wildman–Crippen LogP) is 1.68. The minimum Gasteiger partial charge on any atom is -0.391 e. The summed E-state index contributed by atoms with van der Waals surface area (Å²) < 4.78 is 1.68. The number of amides is 1. The first kappa shape index (κ1) is 16.2. The number of carbonyl (C=O) groups excluding carboxylic acids is 1. The summed E-state index contributed by atoms with van der Waals surface area (Å²) in [6.07, 6.45) is 2.73. The molecule has 1 aromatic heterocycles. The fourth-order valence-electron chi connectivity index (χ4n) is 2.97. The van der Waals surface area contributed by atoms with Gasteiger partial charge < -0.3 is 14.6 Å². The maximum absolute atomic E-state index is 12.4. The largest absolute Gasteiger partial charge is 0.391 e. The first-order chi connectivity index (χ1) is 9.91. The normalized spacial score (nSPS) is 20.6. The quantitative estimate of drug-likeness (QED) is 0.920. The van der Waals surface area contributed by atoms with Crippen LogP contribution in [-0.4, -0.2) is 39.2 Å². The Labute approximate surface area is 129 Å². The number of piperidine rings is 1. The molecule has 0 saturated carbocycles. The van der Waals surface area contributed by atoms with E-state index >= 15 is 0 Å². The summed E-state index contributed by atoms with van der Waals surface area (Å²) in [5.74, 6) is 0.0377. The van der Waals surface area contributed by atoms with Gasteiger partial charge in [0.2, 0.25) is 5.91 Å². The fourth-order valence-corrected chi connectivity index (χ4v) is 3.82. The van der Waals surface area contributed by atoms with Crippen LogP contribution in [0.1, 0.15) is 43.2 Å². The molecule has 2 atom stereocenters. The summed E-state index contributed by atoms with van der Waals surface area (Å²) in [5, 5.41) is 9.83. The molecule has 2 heterocycles. The molecule has 0 aromatic carbocycles. The summed E-state index contributed by atoms with van der Waals surface area (Å²) in [6, 6.07) is -0.0757. The van der Waals surface area contributed by atoms with Crippen LogP contribution in [-0.2, 0) is 11.3 Å². The van der Waals surface area contributed by atoms with Crippen molar-refractivity contribution in [2.75, 3.05) is 6.54 Å². The van der Waals surface area contributed by atoms with E-state index in [9.17, 15) is 14.7 Å². The van der Waals surface area contributed by atoms with Crippen molar-refractivity contribution in [2.45, 2.75) is 65.1 Å². The summed E-state index contributed by atoms with van der Waals surface area (Å²) in [4.78, 5) is 27.1. The van der Waals surface area contributed by atoms with Crippen LogP contribution in [0.25, 0.3) is 0 Å². The predicted molar refractivity (Wildman–Crippen MR) is 83.7 cm³/mol. The van der Waals surface area contributed by atoms with E-state index in [1.165, 1.54) is 11.3 Å². The van der Waals surface area contributed by atoms with E-state index in [1.54, 1.807) is 16.4 Å². The Morgan fingerprint density at radius 1 is 1.43 bits per heavy atom. The summed E-state index contributed by atoms with van der Waals surface area (Å²) in [5.41, 5.74) is 0.948. The Balaban J connectivity index is 2.02. The van der Waals surface area contributed by atoms with E-state index in [1.807, 2.05) is 13.8 Å². The fraction of sp³-hybridized carbons (Fsp3) is 0.733. The number of aliphatic hydroxyl groups excluding tert-OH is 1. The summed E-state index contributed by atoms with van der Waals surface area (Å²) in [7, 11) is 0. The van der Waals surface area contributed by atoms with Crippen molar-refractivity contribution in [2.24, 2.45) is 0 Å². The van der Waals surface area contributed by atoms with Gasteiger partial charge in [0, 0.05) is 30.1 Å². The molecule has 1 aliphatic rings. The minimum atomic E-state index is -0.498. The Bertz CT molecular complexity index is 562. The van der Waals surface area contributed by atoms with Crippen LogP contribution in [0.3, 0.4) is 0 Å². The maximum Gasteiger partial charge on any atom is 0.307 e. The van der Waals surface area contributed by atoms with Gasteiger partial charge in [-0.25, -0.2) is 0 Å². The molecule has 1 saturated heterocycles. The Morgan fingerprint density at radius 2 is 2.14 bits per heavy atom. The molecule has 1 amide bonds. The molecule has 0 radical (unpaired) electrons. The number of thiazole rings is 1. The van der Waals surface area contributed by atoms with Crippen LogP contribution < -0.4 is 4.87 Å². The lowest BCUT2D eigenvalue weighted by molar-refractivity contribution is -0.137. The highest BCUT2D eigenvalue weighted by Gasteiger charge is 2.29. The van der Waals surface area contributed by atoms with Gasteiger partial charge in [0.25, 0.3) is 0 Å². The molecule has 6 heteroatoms. The molecular formula is C15H24N2O3S. The first-order valence-corrected chi connectivity index (χ1v) is 8.38. The molecular weight excluding hydrogens is 288 g/mol. The van der Waals surface area contributed by atoms with Crippen molar-refractivity contribution in [3.05, 3.63) is 20.2 Å². The first-order valence-electron chi connectivity index (χ1n) is 7.56. The number of carbonyl (C=O) groups is 1. The number of aliphatic hydroxyl groups is 1. The van der Waals surface area contributed by atoms with Crippen LogP contribution in [0.2, 0.25) is 0 Å². The Morgan fingerprint density at radius 3 is 2.71 bits per heavy atom. The highest BCUT2D eigenvalue weighted by atomic mass is 32.1. The molecule has 2 unspecified atom stereocenters. The number of hydrogen-bond acceptors (Lipinski definition) is 4. The van der Waals surface area contributed by atoms with Crippen LogP contribution in [0, 0.1) is 13.8 Å². The average molecular weight is 312 g/mol. The van der Waals surface area contributed by atoms with E-state index in [4.69, 9.17) is 0 Å². The van der Waals surface area contributed by atoms with E-state index < -0.39 is 6.10 Å². The second-order valence-electron chi connectivity index (χ2n) is 5.80. The zero-order chi connectivity index (χ0) is 15.6. The molecule has 5 nitrogen and oxygen atoms in total.